The van der Waals surface area contributed by atoms with Gasteiger partial charge in [-0.1, -0.05) is 31.0 Å². The number of aryl methyl sites for hydroxylation is 2. The maximum Gasteiger partial charge on any atom is 0.323 e. The van der Waals surface area contributed by atoms with Gasteiger partial charge in [0.1, 0.15) is 12.0 Å². The summed E-state index contributed by atoms with van der Waals surface area (Å²) in [5, 5.41) is 8.49. The number of aromatic amines is 1. The summed E-state index contributed by atoms with van der Waals surface area (Å²) in [6.07, 6.45) is 2.69. The molecule has 0 spiro atoms. The van der Waals surface area contributed by atoms with Crippen molar-refractivity contribution in [1.29, 1.82) is 0 Å². The molecule has 0 bridgehead atoms. The molecule has 0 fully saturated rings. The van der Waals surface area contributed by atoms with Crippen molar-refractivity contribution >= 4 is 34.8 Å². The SMILES string of the molecule is CCCc1nc2nc[nH]n2c(=O)c1NC(=O)Nc1cc(Cl)ccc1C. The van der Waals surface area contributed by atoms with E-state index in [1.54, 1.807) is 18.2 Å². The Morgan fingerprint density at radius 1 is 1.36 bits per heavy atom. The Labute approximate surface area is 148 Å². The summed E-state index contributed by atoms with van der Waals surface area (Å²) < 4.78 is 1.18. The van der Waals surface area contributed by atoms with Crippen LogP contribution in [0.5, 0.6) is 0 Å². The molecule has 1 aromatic carbocycles. The largest absolute Gasteiger partial charge is 0.323 e. The third-order valence-corrected chi connectivity index (χ3v) is 3.92. The van der Waals surface area contributed by atoms with E-state index in [1.165, 1.54) is 10.8 Å². The third kappa shape index (κ3) is 3.48. The highest BCUT2D eigenvalue weighted by molar-refractivity contribution is 6.31. The topological polar surface area (TPSA) is 104 Å². The minimum Gasteiger partial charge on any atom is -0.307 e. The number of H-pyrrole nitrogens is 1. The van der Waals surface area contributed by atoms with Crippen LogP contribution >= 0.6 is 11.6 Å². The molecule has 9 heteroatoms. The van der Waals surface area contributed by atoms with E-state index in [0.717, 1.165) is 12.0 Å². The Morgan fingerprint density at radius 3 is 2.92 bits per heavy atom. The Bertz CT molecular complexity index is 994. The number of amides is 2. The fraction of sp³-hybridized carbons (Fsp3) is 0.250. The molecule has 0 atom stereocenters. The first-order valence-electron chi connectivity index (χ1n) is 7.78. The summed E-state index contributed by atoms with van der Waals surface area (Å²) in [5.41, 5.74) is 1.63. The van der Waals surface area contributed by atoms with E-state index < -0.39 is 11.6 Å². The average Bonchev–Trinajstić information content (AvgIpc) is 3.03. The van der Waals surface area contributed by atoms with Crippen molar-refractivity contribution in [2.45, 2.75) is 26.7 Å². The zero-order chi connectivity index (χ0) is 18.0. The lowest BCUT2D eigenvalue weighted by Crippen LogP contribution is -2.28. The first kappa shape index (κ1) is 17.0. The number of carbonyl (C=O) groups is 1. The second-order valence-electron chi connectivity index (χ2n) is 5.55. The molecule has 25 heavy (non-hydrogen) atoms. The molecule has 0 saturated heterocycles. The molecule has 2 aromatic heterocycles. The van der Waals surface area contributed by atoms with E-state index in [0.29, 0.717) is 22.8 Å². The van der Waals surface area contributed by atoms with Gasteiger partial charge in [-0.3, -0.25) is 9.89 Å². The molecule has 8 nitrogen and oxygen atoms in total. The van der Waals surface area contributed by atoms with Gasteiger partial charge in [0.2, 0.25) is 0 Å². The van der Waals surface area contributed by atoms with Crippen LogP contribution < -0.4 is 16.2 Å². The van der Waals surface area contributed by atoms with Crippen molar-refractivity contribution in [2.24, 2.45) is 0 Å². The minimum absolute atomic E-state index is 0.126. The summed E-state index contributed by atoms with van der Waals surface area (Å²) in [5.74, 6) is 0.269. The van der Waals surface area contributed by atoms with Gasteiger partial charge in [0.25, 0.3) is 11.3 Å². The molecule has 3 aromatic rings. The van der Waals surface area contributed by atoms with Gasteiger partial charge in [-0.25, -0.2) is 14.8 Å². The number of fused-ring (bicyclic) bond motifs is 1. The van der Waals surface area contributed by atoms with E-state index in [9.17, 15) is 9.59 Å². The highest BCUT2D eigenvalue weighted by Crippen LogP contribution is 2.20. The fourth-order valence-electron chi connectivity index (χ4n) is 2.44. The van der Waals surface area contributed by atoms with Gasteiger partial charge in [-0.05, 0) is 31.0 Å². The lowest BCUT2D eigenvalue weighted by Gasteiger charge is -2.12. The molecule has 0 aliphatic rings. The number of rotatable bonds is 4. The van der Waals surface area contributed by atoms with Crippen LogP contribution in [0.1, 0.15) is 24.6 Å². The van der Waals surface area contributed by atoms with Crippen molar-refractivity contribution in [2.75, 3.05) is 10.6 Å². The van der Waals surface area contributed by atoms with Crippen LogP contribution in [0.4, 0.5) is 16.2 Å². The quantitative estimate of drug-likeness (QED) is 0.665. The standard InChI is InChI=1S/C16H17ClN6O2/c1-3-4-11-13(14(24)23-15(20-11)18-8-19-23)22-16(25)21-12-7-10(17)6-5-9(12)2/h5-8H,3-4H2,1-2H3,(H,18,19,20)(H2,21,22,25). The highest BCUT2D eigenvalue weighted by Gasteiger charge is 2.16. The Balaban J connectivity index is 1.92. The minimum atomic E-state index is -0.541. The molecule has 0 aliphatic carbocycles. The lowest BCUT2D eigenvalue weighted by molar-refractivity contribution is 0.262. The predicted octanol–water partition coefficient (Wildman–Crippen LogP) is 2.98. The molecular weight excluding hydrogens is 344 g/mol. The van der Waals surface area contributed by atoms with Crippen LogP contribution in [-0.2, 0) is 6.42 Å². The highest BCUT2D eigenvalue weighted by atomic mass is 35.5. The predicted molar refractivity (Wildman–Crippen MR) is 96.4 cm³/mol. The van der Waals surface area contributed by atoms with Crippen molar-refractivity contribution in [3.05, 3.63) is 51.2 Å². The number of halogens is 1. The Hall–Kier alpha value is -2.87. The lowest BCUT2D eigenvalue weighted by atomic mass is 10.2. The van der Waals surface area contributed by atoms with Gasteiger partial charge in [0, 0.05) is 10.7 Å². The number of benzene rings is 1. The van der Waals surface area contributed by atoms with Gasteiger partial charge < -0.3 is 10.6 Å². The first-order valence-corrected chi connectivity index (χ1v) is 8.16. The maximum absolute atomic E-state index is 12.6. The van der Waals surface area contributed by atoms with Gasteiger partial charge >= 0.3 is 6.03 Å². The second kappa shape index (κ2) is 6.94. The molecule has 3 rings (SSSR count). The van der Waals surface area contributed by atoms with Gasteiger partial charge in [0.15, 0.2) is 0 Å². The molecule has 0 saturated carbocycles. The van der Waals surface area contributed by atoms with E-state index in [-0.39, 0.29) is 11.5 Å². The molecule has 2 heterocycles. The summed E-state index contributed by atoms with van der Waals surface area (Å²) in [6, 6.07) is 4.64. The molecule has 130 valence electrons. The first-order chi connectivity index (χ1) is 12.0. The summed E-state index contributed by atoms with van der Waals surface area (Å²) >= 11 is 5.96. The van der Waals surface area contributed by atoms with E-state index >= 15 is 0 Å². The van der Waals surface area contributed by atoms with E-state index in [2.05, 4.69) is 25.7 Å². The molecular formula is C16H17ClN6O2. The van der Waals surface area contributed by atoms with Crippen molar-refractivity contribution in [1.82, 2.24) is 19.6 Å². The Morgan fingerprint density at radius 2 is 2.16 bits per heavy atom. The number of nitrogens with zero attached hydrogens (tertiary/aromatic N) is 3. The number of carbonyl (C=O) groups excluding carboxylic acids is 1. The van der Waals surface area contributed by atoms with Crippen molar-refractivity contribution in [3.8, 4) is 0 Å². The molecule has 0 unspecified atom stereocenters. The number of hydrogen-bond acceptors (Lipinski definition) is 4. The smallest absolute Gasteiger partial charge is 0.307 e. The molecule has 0 radical (unpaired) electrons. The summed E-state index contributed by atoms with van der Waals surface area (Å²) in [7, 11) is 0. The van der Waals surface area contributed by atoms with Crippen LogP contribution in [0, 0.1) is 6.92 Å². The van der Waals surface area contributed by atoms with Crippen molar-refractivity contribution < 1.29 is 4.79 Å². The monoisotopic (exact) mass is 360 g/mol. The van der Waals surface area contributed by atoms with Crippen LogP contribution in [0.3, 0.4) is 0 Å². The number of urea groups is 1. The molecule has 3 N–H and O–H groups in total. The van der Waals surface area contributed by atoms with E-state index in [4.69, 9.17) is 11.6 Å². The normalized spacial score (nSPS) is 10.8. The van der Waals surface area contributed by atoms with Crippen LogP contribution in [0.25, 0.3) is 5.78 Å². The van der Waals surface area contributed by atoms with Crippen LogP contribution in [0.15, 0.2) is 29.3 Å². The zero-order valence-electron chi connectivity index (χ0n) is 13.8. The average molecular weight is 361 g/mol. The summed E-state index contributed by atoms with van der Waals surface area (Å²) in [6.45, 7) is 3.81. The third-order valence-electron chi connectivity index (χ3n) is 3.68. The number of aromatic nitrogens is 4. The molecule has 0 aliphatic heterocycles. The van der Waals surface area contributed by atoms with Crippen LogP contribution in [0.2, 0.25) is 5.02 Å². The van der Waals surface area contributed by atoms with E-state index in [1.807, 2.05) is 13.8 Å². The van der Waals surface area contributed by atoms with Crippen LogP contribution in [-0.4, -0.2) is 25.6 Å². The zero-order valence-corrected chi connectivity index (χ0v) is 14.5. The maximum atomic E-state index is 12.6. The van der Waals surface area contributed by atoms with Gasteiger partial charge in [0.05, 0.1) is 5.69 Å². The number of nitrogens with one attached hydrogen (secondary N) is 3. The number of anilines is 2. The summed E-state index contributed by atoms with van der Waals surface area (Å²) in [4.78, 5) is 33.3. The second-order valence-corrected chi connectivity index (χ2v) is 5.99. The molecule has 2 amide bonds. The van der Waals surface area contributed by atoms with Gasteiger partial charge in [-0.2, -0.15) is 4.52 Å². The van der Waals surface area contributed by atoms with Gasteiger partial charge in [-0.15, -0.1) is 0 Å². The Kier molecular flexibility index (Phi) is 4.71. The number of hydrogen-bond donors (Lipinski definition) is 3. The fourth-order valence-corrected chi connectivity index (χ4v) is 2.61. The van der Waals surface area contributed by atoms with Crippen molar-refractivity contribution in [3.63, 3.8) is 0 Å².